The summed E-state index contributed by atoms with van der Waals surface area (Å²) in [4.78, 5) is 0. The minimum Gasteiger partial charge on any atom is -0.497 e. The van der Waals surface area contributed by atoms with Crippen LogP contribution in [-0.4, -0.2) is 13.7 Å². The van der Waals surface area contributed by atoms with Gasteiger partial charge < -0.3 is 10.1 Å². The van der Waals surface area contributed by atoms with Crippen molar-refractivity contribution in [1.82, 2.24) is 5.32 Å². The van der Waals surface area contributed by atoms with E-state index in [1.54, 1.807) is 20.1 Å². The number of hydrogen-bond donors (Lipinski definition) is 1. The average molecular weight is 287 g/mol. The standard InChI is InChI=1S/C18H22FNO/c1-13-7-8-16(12-18(13)19)14(2)20-10-9-15-5-4-6-17(11-15)21-3/h4-8,11-12,14,20H,9-10H2,1-3H3. The molecule has 0 bridgehead atoms. The van der Waals surface area contributed by atoms with E-state index in [0.717, 1.165) is 24.3 Å². The molecule has 0 fully saturated rings. The lowest BCUT2D eigenvalue weighted by atomic mass is 10.1. The first-order valence-electron chi connectivity index (χ1n) is 7.22. The van der Waals surface area contributed by atoms with Gasteiger partial charge in [-0.1, -0.05) is 24.3 Å². The molecule has 0 saturated heterocycles. The monoisotopic (exact) mass is 287 g/mol. The zero-order valence-electron chi connectivity index (χ0n) is 12.8. The van der Waals surface area contributed by atoms with Crippen molar-refractivity contribution < 1.29 is 9.13 Å². The van der Waals surface area contributed by atoms with E-state index in [-0.39, 0.29) is 11.9 Å². The lowest BCUT2D eigenvalue weighted by Crippen LogP contribution is -2.21. The second kappa shape index (κ2) is 7.23. The van der Waals surface area contributed by atoms with E-state index >= 15 is 0 Å². The van der Waals surface area contributed by atoms with E-state index in [9.17, 15) is 4.39 Å². The van der Waals surface area contributed by atoms with Gasteiger partial charge in [-0.2, -0.15) is 0 Å². The summed E-state index contributed by atoms with van der Waals surface area (Å²) < 4.78 is 18.8. The topological polar surface area (TPSA) is 21.3 Å². The normalized spacial score (nSPS) is 12.2. The van der Waals surface area contributed by atoms with Crippen molar-refractivity contribution in [2.24, 2.45) is 0 Å². The molecule has 0 aliphatic carbocycles. The SMILES string of the molecule is COc1cccc(CCNC(C)c2ccc(C)c(F)c2)c1. The Balaban J connectivity index is 1.88. The number of methoxy groups -OCH3 is 1. The summed E-state index contributed by atoms with van der Waals surface area (Å²) in [6.07, 6.45) is 0.913. The maximum absolute atomic E-state index is 13.6. The number of ether oxygens (including phenoxy) is 1. The zero-order chi connectivity index (χ0) is 15.2. The number of halogens is 1. The first-order valence-corrected chi connectivity index (χ1v) is 7.22. The fourth-order valence-electron chi connectivity index (χ4n) is 2.26. The summed E-state index contributed by atoms with van der Waals surface area (Å²) in [5, 5.41) is 3.42. The Morgan fingerprint density at radius 2 is 2.00 bits per heavy atom. The van der Waals surface area contributed by atoms with Crippen molar-refractivity contribution in [2.45, 2.75) is 26.3 Å². The Labute approximate surface area is 126 Å². The lowest BCUT2D eigenvalue weighted by molar-refractivity contribution is 0.414. The molecule has 2 rings (SSSR count). The minimum absolute atomic E-state index is 0.130. The number of aryl methyl sites for hydroxylation is 1. The molecule has 1 unspecified atom stereocenters. The van der Waals surface area contributed by atoms with Crippen molar-refractivity contribution in [3.8, 4) is 5.75 Å². The van der Waals surface area contributed by atoms with Crippen LogP contribution in [-0.2, 0) is 6.42 Å². The molecule has 2 nitrogen and oxygen atoms in total. The summed E-state index contributed by atoms with van der Waals surface area (Å²) in [7, 11) is 1.67. The first-order chi connectivity index (χ1) is 10.1. The quantitative estimate of drug-likeness (QED) is 0.866. The van der Waals surface area contributed by atoms with Crippen molar-refractivity contribution in [3.63, 3.8) is 0 Å². The fourth-order valence-corrected chi connectivity index (χ4v) is 2.26. The van der Waals surface area contributed by atoms with Crippen LogP contribution in [0.2, 0.25) is 0 Å². The molecule has 112 valence electrons. The van der Waals surface area contributed by atoms with E-state index in [4.69, 9.17) is 4.74 Å². The molecule has 1 N–H and O–H groups in total. The molecule has 2 aromatic carbocycles. The molecule has 0 saturated carbocycles. The van der Waals surface area contributed by atoms with Gasteiger partial charge in [-0.15, -0.1) is 0 Å². The van der Waals surface area contributed by atoms with Gasteiger partial charge in [0.05, 0.1) is 7.11 Å². The molecular weight excluding hydrogens is 265 g/mol. The minimum atomic E-state index is -0.144. The van der Waals surface area contributed by atoms with Crippen LogP contribution in [0.15, 0.2) is 42.5 Å². The van der Waals surface area contributed by atoms with Crippen molar-refractivity contribution in [3.05, 3.63) is 65.0 Å². The largest absolute Gasteiger partial charge is 0.497 e. The number of benzene rings is 2. The Morgan fingerprint density at radius 1 is 1.19 bits per heavy atom. The third-order valence-corrected chi connectivity index (χ3v) is 3.69. The van der Waals surface area contributed by atoms with Gasteiger partial charge >= 0.3 is 0 Å². The van der Waals surface area contributed by atoms with Crippen molar-refractivity contribution in [2.75, 3.05) is 13.7 Å². The fraction of sp³-hybridized carbons (Fsp3) is 0.333. The Hall–Kier alpha value is -1.87. The van der Waals surface area contributed by atoms with Crippen LogP contribution >= 0.6 is 0 Å². The molecule has 0 aromatic heterocycles. The predicted octanol–water partition coefficient (Wildman–Crippen LogP) is 4.04. The smallest absolute Gasteiger partial charge is 0.126 e. The summed E-state index contributed by atoms with van der Waals surface area (Å²) in [6.45, 7) is 4.67. The zero-order valence-corrected chi connectivity index (χ0v) is 12.8. The molecule has 0 spiro atoms. The predicted molar refractivity (Wildman–Crippen MR) is 84.3 cm³/mol. The van der Waals surface area contributed by atoms with Gasteiger partial charge in [0.25, 0.3) is 0 Å². The second-order valence-electron chi connectivity index (χ2n) is 5.29. The Morgan fingerprint density at radius 3 is 2.71 bits per heavy atom. The maximum Gasteiger partial charge on any atom is 0.126 e. The molecule has 1 atom stereocenters. The number of rotatable bonds is 6. The van der Waals surface area contributed by atoms with E-state index in [0.29, 0.717) is 5.56 Å². The maximum atomic E-state index is 13.6. The van der Waals surface area contributed by atoms with Gasteiger partial charge in [0, 0.05) is 6.04 Å². The first kappa shape index (κ1) is 15.5. The van der Waals surface area contributed by atoms with Gasteiger partial charge in [0.15, 0.2) is 0 Å². The highest BCUT2D eigenvalue weighted by Crippen LogP contribution is 2.17. The molecular formula is C18H22FNO. The number of nitrogens with one attached hydrogen (secondary N) is 1. The van der Waals surface area contributed by atoms with Crippen LogP contribution in [0.3, 0.4) is 0 Å². The average Bonchev–Trinajstić information content (AvgIpc) is 2.50. The van der Waals surface area contributed by atoms with E-state index < -0.39 is 0 Å². The highest BCUT2D eigenvalue weighted by Gasteiger charge is 2.07. The van der Waals surface area contributed by atoms with Crippen LogP contribution in [0.1, 0.15) is 29.7 Å². The van der Waals surface area contributed by atoms with Crippen LogP contribution in [0.25, 0.3) is 0 Å². The second-order valence-corrected chi connectivity index (χ2v) is 5.29. The summed E-state index contributed by atoms with van der Waals surface area (Å²) in [5.74, 6) is 0.732. The third-order valence-electron chi connectivity index (χ3n) is 3.69. The van der Waals surface area contributed by atoms with Crippen LogP contribution < -0.4 is 10.1 Å². The van der Waals surface area contributed by atoms with Crippen LogP contribution in [0.5, 0.6) is 5.75 Å². The Kier molecular flexibility index (Phi) is 5.34. The summed E-state index contributed by atoms with van der Waals surface area (Å²) >= 11 is 0. The highest BCUT2D eigenvalue weighted by atomic mass is 19.1. The van der Waals surface area contributed by atoms with Gasteiger partial charge in [-0.3, -0.25) is 0 Å². The molecule has 21 heavy (non-hydrogen) atoms. The molecule has 0 radical (unpaired) electrons. The lowest BCUT2D eigenvalue weighted by Gasteiger charge is -2.15. The van der Waals surface area contributed by atoms with E-state index in [1.165, 1.54) is 5.56 Å². The molecule has 2 aromatic rings. The van der Waals surface area contributed by atoms with Gasteiger partial charge in [-0.05, 0) is 61.7 Å². The molecule has 0 amide bonds. The molecule has 0 heterocycles. The molecule has 0 aliphatic heterocycles. The van der Waals surface area contributed by atoms with Crippen LogP contribution in [0, 0.1) is 12.7 Å². The van der Waals surface area contributed by atoms with Gasteiger partial charge in [0.1, 0.15) is 11.6 Å². The van der Waals surface area contributed by atoms with Gasteiger partial charge in [0.2, 0.25) is 0 Å². The van der Waals surface area contributed by atoms with Crippen molar-refractivity contribution in [1.29, 1.82) is 0 Å². The van der Waals surface area contributed by atoms with Crippen molar-refractivity contribution >= 4 is 0 Å². The third kappa shape index (κ3) is 4.30. The Bertz CT molecular complexity index is 598. The van der Waals surface area contributed by atoms with E-state index in [2.05, 4.69) is 18.3 Å². The summed E-state index contributed by atoms with van der Waals surface area (Å²) in [5.41, 5.74) is 2.88. The molecule has 0 aliphatic rings. The van der Waals surface area contributed by atoms with Gasteiger partial charge in [-0.25, -0.2) is 4.39 Å². The summed E-state index contributed by atoms with van der Waals surface area (Å²) in [6, 6.07) is 13.6. The van der Waals surface area contributed by atoms with Crippen LogP contribution in [0.4, 0.5) is 4.39 Å². The van der Waals surface area contributed by atoms with E-state index in [1.807, 2.05) is 30.3 Å². The highest BCUT2D eigenvalue weighted by molar-refractivity contribution is 5.29. The molecule has 3 heteroatoms. The number of hydrogen-bond acceptors (Lipinski definition) is 2.